The van der Waals surface area contributed by atoms with Crippen molar-refractivity contribution in [3.05, 3.63) is 11.3 Å². The van der Waals surface area contributed by atoms with Gasteiger partial charge in [-0.3, -0.25) is 10.1 Å². The zero-order chi connectivity index (χ0) is 10.0. The first-order chi connectivity index (χ1) is 6.02. The molecule has 0 unspecified atom stereocenters. The van der Waals surface area contributed by atoms with E-state index >= 15 is 0 Å². The van der Waals surface area contributed by atoms with Crippen molar-refractivity contribution < 1.29 is 9.32 Å². The van der Waals surface area contributed by atoms with Crippen molar-refractivity contribution in [3.8, 4) is 0 Å². The minimum Gasteiger partial charge on any atom is -0.338 e. The number of nitrogens with two attached hydrogens (primary N) is 1. The van der Waals surface area contributed by atoms with Gasteiger partial charge in [-0.25, -0.2) is 0 Å². The second-order valence-corrected chi connectivity index (χ2v) is 3.00. The molecule has 1 atom stereocenters. The van der Waals surface area contributed by atoms with Gasteiger partial charge in [-0.05, 0) is 20.8 Å². The number of hydrogen-bond acceptors (Lipinski definition) is 4. The molecule has 1 amide bonds. The molecule has 0 aliphatic carbocycles. The lowest BCUT2D eigenvalue weighted by Crippen LogP contribution is -2.32. The van der Waals surface area contributed by atoms with Crippen molar-refractivity contribution in [2.24, 2.45) is 5.73 Å². The summed E-state index contributed by atoms with van der Waals surface area (Å²) in [6.07, 6.45) is 0. The Morgan fingerprint density at radius 1 is 1.62 bits per heavy atom. The van der Waals surface area contributed by atoms with Crippen LogP contribution in [-0.2, 0) is 4.79 Å². The molecule has 0 aliphatic rings. The van der Waals surface area contributed by atoms with E-state index in [1.807, 2.05) is 6.92 Å². The summed E-state index contributed by atoms with van der Waals surface area (Å²) in [5.41, 5.74) is 6.96. The number of carbonyl (C=O) groups is 1. The smallest absolute Gasteiger partial charge is 0.243 e. The Balaban J connectivity index is 2.75. The number of aromatic nitrogens is 1. The molecular formula is C8H13N3O2. The molecule has 1 aromatic heterocycles. The van der Waals surface area contributed by atoms with Crippen LogP contribution in [0.3, 0.4) is 0 Å². The molecule has 0 fully saturated rings. The summed E-state index contributed by atoms with van der Waals surface area (Å²) in [5.74, 6) is 0.0963. The highest BCUT2D eigenvalue weighted by molar-refractivity contribution is 5.93. The topological polar surface area (TPSA) is 81.2 Å². The number of rotatable bonds is 2. The van der Waals surface area contributed by atoms with Crippen LogP contribution >= 0.6 is 0 Å². The molecule has 1 aromatic rings. The lowest BCUT2D eigenvalue weighted by molar-refractivity contribution is -0.117. The van der Waals surface area contributed by atoms with Crippen LogP contribution < -0.4 is 11.1 Å². The monoisotopic (exact) mass is 183 g/mol. The van der Waals surface area contributed by atoms with Gasteiger partial charge in [0.15, 0.2) is 0 Å². The van der Waals surface area contributed by atoms with Gasteiger partial charge in [-0.1, -0.05) is 5.16 Å². The van der Waals surface area contributed by atoms with Crippen molar-refractivity contribution in [2.75, 3.05) is 5.32 Å². The predicted octanol–water partition coefficient (Wildman–Crippen LogP) is 0.577. The molecule has 72 valence electrons. The Kier molecular flexibility index (Phi) is 2.67. The molecule has 0 saturated heterocycles. The molecule has 0 saturated carbocycles. The van der Waals surface area contributed by atoms with Crippen LogP contribution in [0.5, 0.6) is 0 Å². The van der Waals surface area contributed by atoms with Crippen LogP contribution in [0.2, 0.25) is 0 Å². The summed E-state index contributed by atoms with van der Waals surface area (Å²) in [6.45, 7) is 5.23. The Morgan fingerprint density at radius 2 is 2.23 bits per heavy atom. The Bertz CT molecular complexity index is 317. The molecule has 5 nitrogen and oxygen atoms in total. The molecular weight excluding hydrogens is 170 g/mol. The van der Waals surface area contributed by atoms with Crippen molar-refractivity contribution in [2.45, 2.75) is 26.8 Å². The van der Waals surface area contributed by atoms with Gasteiger partial charge in [0.05, 0.1) is 11.7 Å². The Hall–Kier alpha value is -1.36. The number of carbonyl (C=O) groups excluding carboxylic acids is 1. The van der Waals surface area contributed by atoms with Crippen molar-refractivity contribution in [1.82, 2.24) is 5.16 Å². The number of hydrogen-bond donors (Lipinski definition) is 2. The van der Waals surface area contributed by atoms with E-state index in [4.69, 9.17) is 10.3 Å². The van der Waals surface area contributed by atoms with Crippen molar-refractivity contribution >= 4 is 11.8 Å². The zero-order valence-corrected chi connectivity index (χ0v) is 7.92. The molecule has 0 aromatic carbocycles. The predicted molar refractivity (Wildman–Crippen MR) is 48.3 cm³/mol. The van der Waals surface area contributed by atoms with Gasteiger partial charge in [-0.15, -0.1) is 0 Å². The van der Waals surface area contributed by atoms with E-state index in [0.29, 0.717) is 5.88 Å². The summed E-state index contributed by atoms with van der Waals surface area (Å²) in [5, 5.41) is 6.24. The van der Waals surface area contributed by atoms with Gasteiger partial charge < -0.3 is 10.3 Å². The number of amides is 1. The minimum absolute atomic E-state index is 0.278. The van der Waals surface area contributed by atoms with E-state index in [1.165, 1.54) is 0 Å². The van der Waals surface area contributed by atoms with Gasteiger partial charge in [0.1, 0.15) is 0 Å². The first-order valence-electron chi connectivity index (χ1n) is 4.01. The summed E-state index contributed by atoms with van der Waals surface area (Å²) in [6, 6.07) is -0.551. The number of nitrogens with one attached hydrogen (secondary N) is 1. The van der Waals surface area contributed by atoms with E-state index in [9.17, 15) is 4.79 Å². The summed E-state index contributed by atoms with van der Waals surface area (Å²) >= 11 is 0. The molecule has 5 heteroatoms. The summed E-state index contributed by atoms with van der Waals surface area (Å²) in [7, 11) is 0. The molecule has 0 bridgehead atoms. The molecule has 3 N–H and O–H groups in total. The molecule has 0 aliphatic heterocycles. The highest BCUT2D eigenvalue weighted by Crippen LogP contribution is 2.16. The van der Waals surface area contributed by atoms with Crippen LogP contribution in [-0.4, -0.2) is 17.1 Å². The fraction of sp³-hybridized carbons (Fsp3) is 0.500. The average Bonchev–Trinajstić information content (AvgIpc) is 2.36. The van der Waals surface area contributed by atoms with Crippen LogP contribution in [0.25, 0.3) is 0 Å². The van der Waals surface area contributed by atoms with Crippen LogP contribution in [0.15, 0.2) is 4.52 Å². The van der Waals surface area contributed by atoms with E-state index in [0.717, 1.165) is 11.3 Å². The van der Waals surface area contributed by atoms with E-state index < -0.39 is 6.04 Å². The SMILES string of the molecule is Cc1noc(NC(=O)[C@@H](C)N)c1C. The van der Waals surface area contributed by atoms with E-state index in [2.05, 4.69) is 10.5 Å². The number of nitrogens with zero attached hydrogens (tertiary/aromatic N) is 1. The standard InChI is InChI=1S/C8H13N3O2/c1-4-6(3)11-13-8(4)10-7(12)5(2)9/h5H,9H2,1-3H3,(H,10,12)/t5-/m1/s1. The van der Waals surface area contributed by atoms with E-state index in [-0.39, 0.29) is 5.91 Å². The largest absolute Gasteiger partial charge is 0.338 e. The normalized spacial score (nSPS) is 12.6. The third kappa shape index (κ3) is 2.06. The number of aryl methyl sites for hydroxylation is 1. The molecule has 13 heavy (non-hydrogen) atoms. The maximum atomic E-state index is 11.1. The Labute approximate surface area is 76.3 Å². The minimum atomic E-state index is -0.551. The van der Waals surface area contributed by atoms with Crippen LogP contribution in [0.4, 0.5) is 5.88 Å². The molecule has 0 radical (unpaired) electrons. The maximum absolute atomic E-state index is 11.1. The maximum Gasteiger partial charge on any atom is 0.243 e. The van der Waals surface area contributed by atoms with Crippen molar-refractivity contribution in [3.63, 3.8) is 0 Å². The quantitative estimate of drug-likeness (QED) is 0.702. The lowest BCUT2D eigenvalue weighted by atomic mass is 10.2. The summed E-state index contributed by atoms with van der Waals surface area (Å²) in [4.78, 5) is 11.1. The fourth-order valence-corrected chi connectivity index (χ4v) is 0.758. The summed E-state index contributed by atoms with van der Waals surface area (Å²) < 4.78 is 4.88. The second kappa shape index (κ2) is 3.57. The van der Waals surface area contributed by atoms with E-state index in [1.54, 1.807) is 13.8 Å². The van der Waals surface area contributed by atoms with Gasteiger partial charge in [0.2, 0.25) is 11.8 Å². The third-order valence-corrected chi connectivity index (χ3v) is 1.81. The first-order valence-corrected chi connectivity index (χ1v) is 4.01. The average molecular weight is 183 g/mol. The highest BCUT2D eigenvalue weighted by Gasteiger charge is 2.13. The zero-order valence-electron chi connectivity index (χ0n) is 7.92. The lowest BCUT2D eigenvalue weighted by Gasteiger charge is -2.04. The van der Waals surface area contributed by atoms with Crippen LogP contribution in [0, 0.1) is 13.8 Å². The van der Waals surface area contributed by atoms with Gasteiger partial charge in [0, 0.05) is 5.56 Å². The highest BCUT2D eigenvalue weighted by atomic mass is 16.5. The van der Waals surface area contributed by atoms with Crippen LogP contribution in [0.1, 0.15) is 18.2 Å². The fourth-order valence-electron chi connectivity index (χ4n) is 0.758. The Morgan fingerprint density at radius 3 is 2.62 bits per heavy atom. The van der Waals surface area contributed by atoms with Gasteiger partial charge in [0.25, 0.3) is 0 Å². The molecule has 1 rings (SSSR count). The number of anilines is 1. The molecule has 1 heterocycles. The third-order valence-electron chi connectivity index (χ3n) is 1.81. The van der Waals surface area contributed by atoms with Gasteiger partial charge >= 0.3 is 0 Å². The molecule has 0 spiro atoms. The van der Waals surface area contributed by atoms with Gasteiger partial charge in [-0.2, -0.15) is 0 Å². The second-order valence-electron chi connectivity index (χ2n) is 3.00. The van der Waals surface area contributed by atoms with Crippen molar-refractivity contribution in [1.29, 1.82) is 0 Å². The first kappa shape index (κ1) is 9.73.